The molecule has 0 fully saturated rings. The highest BCUT2D eigenvalue weighted by Gasteiger charge is 2.35. The summed E-state index contributed by atoms with van der Waals surface area (Å²) in [7, 11) is -4.00. The van der Waals surface area contributed by atoms with Crippen LogP contribution in [0.25, 0.3) is 0 Å². The van der Waals surface area contributed by atoms with Crippen molar-refractivity contribution in [3.05, 3.63) is 28.7 Å². The molecule has 1 aliphatic rings. The van der Waals surface area contributed by atoms with Gasteiger partial charge in [-0.25, -0.2) is 18.2 Å². The number of sulfonamides is 1. The largest absolute Gasteiger partial charge is 0.347 e. The lowest BCUT2D eigenvalue weighted by Gasteiger charge is -2.16. The fourth-order valence-corrected chi connectivity index (χ4v) is 2.80. The molecule has 2 N–H and O–H groups in total. The van der Waals surface area contributed by atoms with Crippen LogP contribution in [0.2, 0.25) is 0 Å². The number of nitrogens with zero attached hydrogens (tertiary/aromatic N) is 1. The van der Waals surface area contributed by atoms with Gasteiger partial charge in [0.1, 0.15) is 0 Å². The van der Waals surface area contributed by atoms with Crippen molar-refractivity contribution in [1.82, 2.24) is 5.32 Å². The molecule has 0 aliphatic carbocycles. The highest BCUT2D eigenvalue weighted by atomic mass is 79.9. The Balaban J connectivity index is 2.23. The van der Waals surface area contributed by atoms with Crippen molar-refractivity contribution in [2.45, 2.75) is 5.25 Å². The predicted octanol–water partition coefficient (Wildman–Crippen LogP) is 0.880. The highest BCUT2D eigenvalue weighted by molar-refractivity contribution is 9.10. The molecule has 3 amide bonds. The van der Waals surface area contributed by atoms with Gasteiger partial charge in [-0.15, -0.1) is 0 Å². The van der Waals surface area contributed by atoms with E-state index in [2.05, 4.69) is 25.6 Å². The number of carbonyl (C=O) groups excluding carboxylic acids is 2. The predicted molar refractivity (Wildman–Crippen MR) is 72.5 cm³/mol. The Kier molecular flexibility index (Phi) is 3.67. The van der Waals surface area contributed by atoms with Gasteiger partial charge in [-0.3, -0.25) is 14.8 Å². The number of hydrogen-bond donors (Lipinski definition) is 2. The molecule has 0 saturated heterocycles. The standard InChI is InChI=1S/C10H8BrN3O4S/c11-6-1-3-7(4-2-6)14-19(17,18)8-5-12-10(16)13-9(8)15/h1-5,8,14H,(H,13,15,16). The maximum absolute atomic E-state index is 12.0. The number of hydrogen-bond acceptors (Lipinski definition) is 4. The number of carbonyl (C=O) groups is 2. The lowest BCUT2D eigenvalue weighted by molar-refractivity contribution is -0.118. The maximum atomic E-state index is 12.0. The van der Waals surface area contributed by atoms with Gasteiger partial charge in [-0.05, 0) is 24.3 Å². The Morgan fingerprint density at radius 2 is 1.84 bits per heavy atom. The molecule has 1 aromatic rings. The number of benzene rings is 1. The van der Waals surface area contributed by atoms with E-state index in [1.165, 1.54) is 12.1 Å². The van der Waals surface area contributed by atoms with Crippen LogP contribution in [-0.4, -0.2) is 31.8 Å². The van der Waals surface area contributed by atoms with E-state index >= 15 is 0 Å². The topological polar surface area (TPSA) is 105 Å². The first-order chi connectivity index (χ1) is 8.88. The third-order valence-electron chi connectivity index (χ3n) is 2.25. The van der Waals surface area contributed by atoms with Crippen molar-refractivity contribution < 1.29 is 18.0 Å². The van der Waals surface area contributed by atoms with Crippen molar-refractivity contribution in [3.8, 4) is 0 Å². The first-order valence-electron chi connectivity index (χ1n) is 5.05. The van der Waals surface area contributed by atoms with E-state index < -0.39 is 27.2 Å². The minimum atomic E-state index is -4.00. The second-order valence-electron chi connectivity index (χ2n) is 3.65. The molecule has 1 unspecified atom stereocenters. The van der Waals surface area contributed by atoms with Crippen LogP contribution in [0.4, 0.5) is 10.5 Å². The van der Waals surface area contributed by atoms with Gasteiger partial charge in [-0.2, -0.15) is 0 Å². The van der Waals surface area contributed by atoms with Crippen molar-refractivity contribution in [3.63, 3.8) is 0 Å². The average Bonchev–Trinajstić information content (AvgIpc) is 2.31. The maximum Gasteiger partial charge on any atom is 0.347 e. The molecule has 0 aromatic heterocycles. The lowest BCUT2D eigenvalue weighted by Crippen LogP contribution is -2.48. The number of amides is 3. The van der Waals surface area contributed by atoms with E-state index in [-0.39, 0.29) is 0 Å². The minimum Gasteiger partial charge on any atom is -0.283 e. The second-order valence-corrected chi connectivity index (χ2v) is 6.36. The molecule has 0 bridgehead atoms. The van der Waals surface area contributed by atoms with E-state index in [1.807, 2.05) is 5.32 Å². The second kappa shape index (κ2) is 5.10. The summed E-state index contributed by atoms with van der Waals surface area (Å²) in [5, 5.41) is 0.294. The van der Waals surface area contributed by atoms with Crippen molar-refractivity contribution in [2.24, 2.45) is 4.99 Å². The summed E-state index contributed by atoms with van der Waals surface area (Å²) in [4.78, 5) is 25.5. The highest BCUT2D eigenvalue weighted by Crippen LogP contribution is 2.16. The zero-order valence-electron chi connectivity index (χ0n) is 9.33. The molecule has 19 heavy (non-hydrogen) atoms. The number of imide groups is 1. The minimum absolute atomic E-state index is 0.307. The quantitative estimate of drug-likeness (QED) is 0.848. The Morgan fingerprint density at radius 3 is 2.42 bits per heavy atom. The molecular weight excluding hydrogens is 338 g/mol. The first kappa shape index (κ1) is 13.7. The van der Waals surface area contributed by atoms with Gasteiger partial charge in [0.2, 0.25) is 10.0 Å². The zero-order valence-corrected chi connectivity index (χ0v) is 11.7. The van der Waals surface area contributed by atoms with Gasteiger partial charge < -0.3 is 0 Å². The fraction of sp³-hybridized carbons (Fsp3) is 0.100. The molecule has 1 aromatic carbocycles. The SMILES string of the molecule is O=C1N=CC(S(=O)(=O)Nc2ccc(Br)cc2)C(=O)N1. The van der Waals surface area contributed by atoms with Crippen molar-refractivity contribution >= 4 is 49.8 Å². The van der Waals surface area contributed by atoms with Crippen LogP contribution in [0, 0.1) is 0 Å². The lowest BCUT2D eigenvalue weighted by atomic mass is 10.3. The number of rotatable bonds is 3. The number of halogens is 1. The molecule has 1 aliphatic heterocycles. The summed E-state index contributed by atoms with van der Waals surface area (Å²) in [6.45, 7) is 0. The zero-order chi connectivity index (χ0) is 14.0. The molecule has 1 atom stereocenters. The monoisotopic (exact) mass is 345 g/mol. The first-order valence-corrected chi connectivity index (χ1v) is 7.38. The molecule has 0 saturated carbocycles. The number of urea groups is 1. The number of nitrogens with one attached hydrogen (secondary N) is 2. The average molecular weight is 346 g/mol. The summed E-state index contributed by atoms with van der Waals surface area (Å²) in [6.07, 6.45) is 0.808. The number of anilines is 1. The number of aliphatic imine (C=N–C) groups is 1. The van der Waals surface area contributed by atoms with Crippen LogP contribution in [0.5, 0.6) is 0 Å². The fourth-order valence-electron chi connectivity index (χ4n) is 1.38. The molecule has 0 radical (unpaired) electrons. The van der Waals surface area contributed by atoms with Crippen LogP contribution >= 0.6 is 15.9 Å². The van der Waals surface area contributed by atoms with Crippen LogP contribution < -0.4 is 10.0 Å². The van der Waals surface area contributed by atoms with E-state index in [0.717, 1.165) is 10.7 Å². The Labute approximate surface area is 117 Å². The van der Waals surface area contributed by atoms with Crippen LogP contribution in [0.3, 0.4) is 0 Å². The Morgan fingerprint density at radius 1 is 1.21 bits per heavy atom. The van der Waals surface area contributed by atoms with Crippen LogP contribution in [0.1, 0.15) is 0 Å². The van der Waals surface area contributed by atoms with Gasteiger partial charge in [0.25, 0.3) is 5.91 Å². The van der Waals surface area contributed by atoms with Gasteiger partial charge in [0.05, 0.1) is 0 Å². The summed E-state index contributed by atoms with van der Waals surface area (Å²) in [5.74, 6) is -0.926. The molecule has 1 heterocycles. The Bertz CT molecular complexity index is 654. The van der Waals surface area contributed by atoms with Crippen LogP contribution in [-0.2, 0) is 14.8 Å². The summed E-state index contributed by atoms with van der Waals surface area (Å²) < 4.78 is 27.0. The summed E-state index contributed by atoms with van der Waals surface area (Å²) in [6, 6.07) is 5.49. The molecule has 2 rings (SSSR count). The molecule has 0 spiro atoms. The molecule has 9 heteroatoms. The van der Waals surface area contributed by atoms with E-state index in [0.29, 0.717) is 5.69 Å². The third-order valence-corrected chi connectivity index (χ3v) is 4.31. The van der Waals surface area contributed by atoms with Crippen molar-refractivity contribution in [1.29, 1.82) is 0 Å². The van der Waals surface area contributed by atoms with Gasteiger partial charge in [-0.1, -0.05) is 15.9 Å². The molecular formula is C10H8BrN3O4S. The van der Waals surface area contributed by atoms with E-state index in [1.54, 1.807) is 12.1 Å². The van der Waals surface area contributed by atoms with E-state index in [4.69, 9.17) is 0 Å². The molecule has 7 nitrogen and oxygen atoms in total. The van der Waals surface area contributed by atoms with Crippen molar-refractivity contribution in [2.75, 3.05) is 4.72 Å². The van der Waals surface area contributed by atoms with E-state index in [9.17, 15) is 18.0 Å². The van der Waals surface area contributed by atoms with Gasteiger partial charge in [0.15, 0.2) is 5.25 Å². The van der Waals surface area contributed by atoms with Gasteiger partial charge in [0, 0.05) is 16.4 Å². The Hall–Kier alpha value is -1.74. The summed E-state index contributed by atoms with van der Waals surface area (Å²) in [5.41, 5.74) is 0.307. The van der Waals surface area contributed by atoms with Gasteiger partial charge >= 0.3 is 6.03 Å². The summed E-state index contributed by atoms with van der Waals surface area (Å²) >= 11 is 3.22. The molecule has 100 valence electrons. The van der Waals surface area contributed by atoms with Crippen LogP contribution in [0.15, 0.2) is 33.7 Å². The smallest absolute Gasteiger partial charge is 0.283 e. The normalized spacial score (nSPS) is 19.1. The third kappa shape index (κ3) is 3.18.